The van der Waals surface area contributed by atoms with Crippen molar-refractivity contribution in [2.24, 2.45) is 5.41 Å². The molecule has 19 heavy (non-hydrogen) atoms. The summed E-state index contributed by atoms with van der Waals surface area (Å²) in [6.07, 6.45) is 6.52. The molecule has 2 saturated carbocycles. The van der Waals surface area contributed by atoms with Gasteiger partial charge in [0.05, 0.1) is 5.41 Å². The van der Waals surface area contributed by atoms with Gasteiger partial charge in [0.1, 0.15) is 0 Å². The second-order valence-corrected chi connectivity index (χ2v) is 6.33. The highest BCUT2D eigenvalue weighted by Gasteiger charge is 2.48. The van der Waals surface area contributed by atoms with Crippen LogP contribution in [0.4, 0.5) is 0 Å². The minimum atomic E-state index is -0.387. The SMILES string of the molecule is CCCN(C(=O)CC1(C(=O)N(C)C)CCC1)C1CC1. The number of rotatable bonds is 6. The molecule has 0 spiro atoms. The molecule has 108 valence electrons. The molecule has 2 fully saturated rings. The average Bonchev–Trinajstić information content (AvgIpc) is 3.13. The molecule has 2 rings (SSSR count). The normalized spacial score (nSPS) is 20.6. The van der Waals surface area contributed by atoms with Crippen LogP contribution in [0.1, 0.15) is 51.9 Å². The molecule has 0 heterocycles. The molecule has 4 heteroatoms. The molecule has 0 aliphatic heterocycles. The fraction of sp³-hybridized carbons (Fsp3) is 0.867. The van der Waals surface area contributed by atoms with E-state index >= 15 is 0 Å². The van der Waals surface area contributed by atoms with Gasteiger partial charge in [-0.3, -0.25) is 9.59 Å². The zero-order valence-electron chi connectivity index (χ0n) is 12.4. The number of carbonyl (C=O) groups is 2. The van der Waals surface area contributed by atoms with E-state index in [1.54, 1.807) is 19.0 Å². The van der Waals surface area contributed by atoms with Gasteiger partial charge in [0.15, 0.2) is 0 Å². The summed E-state index contributed by atoms with van der Waals surface area (Å²) in [6.45, 7) is 2.95. The van der Waals surface area contributed by atoms with Gasteiger partial charge in [-0.25, -0.2) is 0 Å². The third-order valence-corrected chi connectivity index (χ3v) is 4.43. The number of hydrogen-bond acceptors (Lipinski definition) is 2. The Morgan fingerprint density at radius 3 is 2.21 bits per heavy atom. The quantitative estimate of drug-likeness (QED) is 0.738. The average molecular weight is 266 g/mol. The summed E-state index contributed by atoms with van der Waals surface area (Å²) in [4.78, 5) is 28.5. The molecule has 0 unspecified atom stereocenters. The topological polar surface area (TPSA) is 40.6 Å². The van der Waals surface area contributed by atoms with Crippen LogP contribution in [0.15, 0.2) is 0 Å². The first-order valence-corrected chi connectivity index (χ1v) is 7.51. The van der Waals surface area contributed by atoms with Gasteiger partial charge < -0.3 is 9.80 Å². The minimum absolute atomic E-state index is 0.138. The van der Waals surface area contributed by atoms with Gasteiger partial charge in [0.25, 0.3) is 0 Å². The summed E-state index contributed by atoms with van der Waals surface area (Å²) < 4.78 is 0. The van der Waals surface area contributed by atoms with E-state index in [-0.39, 0.29) is 17.2 Å². The van der Waals surface area contributed by atoms with Crippen molar-refractivity contribution in [1.29, 1.82) is 0 Å². The molecule has 2 aliphatic carbocycles. The van der Waals surface area contributed by atoms with E-state index < -0.39 is 0 Å². The Balaban J connectivity index is 2.01. The van der Waals surface area contributed by atoms with Crippen LogP contribution in [0, 0.1) is 5.41 Å². The molecule has 0 radical (unpaired) electrons. The lowest BCUT2D eigenvalue weighted by molar-refractivity contribution is -0.152. The standard InChI is InChI=1S/C15H26N2O2/c1-4-10-17(12-6-7-12)13(18)11-15(8-5-9-15)14(19)16(2)3/h12H,4-11H2,1-3H3. The number of hydrogen-bond donors (Lipinski definition) is 0. The van der Waals surface area contributed by atoms with Gasteiger partial charge in [-0.2, -0.15) is 0 Å². The van der Waals surface area contributed by atoms with Crippen LogP contribution in [0.5, 0.6) is 0 Å². The fourth-order valence-electron chi connectivity index (χ4n) is 3.07. The lowest BCUT2D eigenvalue weighted by atomic mass is 9.65. The summed E-state index contributed by atoms with van der Waals surface area (Å²) >= 11 is 0. The first-order chi connectivity index (χ1) is 9.00. The predicted molar refractivity (Wildman–Crippen MR) is 74.6 cm³/mol. The van der Waals surface area contributed by atoms with Gasteiger partial charge in [-0.05, 0) is 32.1 Å². The summed E-state index contributed by atoms with van der Waals surface area (Å²) in [5.41, 5.74) is -0.387. The maximum atomic E-state index is 12.5. The van der Waals surface area contributed by atoms with E-state index in [0.717, 1.165) is 45.1 Å². The first kappa shape index (κ1) is 14.4. The van der Waals surface area contributed by atoms with Crippen molar-refractivity contribution in [2.75, 3.05) is 20.6 Å². The van der Waals surface area contributed by atoms with Crippen molar-refractivity contribution < 1.29 is 9.59 Å². The second-order valence-electron chi connectivity index (χ2n) is 6.33. The molecule has 0 bridgehead atoms. The molecule has 2 amide bonds. The second kappa shape index (κ2) is 5.51. The Labute approximate surface area is 116 Å². The van der Waals surface area contributed by atoms with Crippen LogP contribution in [-0.2, 0) is 9.59 Å². The van der Waals surface area contributed by atoms with Crippen molar-refractivity contribution in [3.05, 3.63) is 0 Å². The molecule has 4 nitrogen and oxygen atoms in total. The highest BCUT2D eigenvalue weighted by atomic mass is 16.2. The maximum Gasteiger partial charge on any atom is 0.228 e. The third-order valence-electron chi connectivity index (χ3n) is 4.43. The van der Waals surface area contributed by atoms with Gasteiger partial charge in [0.2, 0.25) is 11.8 Å². The zero-order chi connectivity index (χ0) is 14.0. The first-order valence-electron chi connectivity index (χ1n) is 7.51. The Morgan fingerprint density at radius 1 is 1.21 bits per heavy atom. The van der Waals surface area contributed by atoms with Gasteiger partial charge >= 0.3 is 0 Å². The van der Waals surface area contributed by atoms with E-state index in [2.05, 4.69) is 6.92 Å². The van der Waals surface area contributed by atoms with Crippen molar-refractivity contribution in [1.82, 2.24) is 9.80 Å². The molecular formula is C15H26N2O2. The molecule has 0 aromatic rings. The fourth-order valence-corrected chi connectivity index (χ4v) is 3.07. The highest BCUT2D eigenvalue weighted by molar-refractivity contribution is 5.89. The Kier molecular flexibility index (Phi) is 4.16. The monoisotopic (exact) mass is 266 g/mol. The van der Waals surface area contributed by atoms with E-state index in [1.165, 1.54) is 0 Å². The molecule has 2 aliphatic rings. The lowest BCUT2D eigenvalue weighted by Gasteiger charge is -2.42. The van der Waals surface area contributed by atoms with Crippen LogP contribution in [-0.4, -0.2) is 48.3 Å². The van der Waals surface area contributed by atoms with Gasteiger partial charge in [0, 0.05) is 33.1 Å². The Hall–Kier alpha value is -1.06. The largest absolute Gasteiger partial charge is 0.348 e. The summed E-state index contributed by atoms with van der Waals surface area (Å²) in [6, 6.07) is 0.457. The minimum Gasteiger partial charge on any atom is -0.348 e. The van der Waals surface area contributed by atoms with Crippen molar-refractivity contribution in [2.45, 2.75) is 57.9 Å². The summed E-state index contributed by atoms with van der Waals surface area (Å²) in [5.74, 6) is 0.332. The van der Waals surface area contributed by atoms with Crippen molar-refractivity contribution in [3.8, 4) is 0 Å². The zero-order valence-corrected chi connectivity index (χ0v) is 12.4. The highest BCUT2D eigenvalue weighted by Crippen LogP contribution is 2.46. The maximum absolute atomic E-state index is 12.5. The van der Waals surface area contributed by atoms with Crippen LogP contribution in [0.3, 0.4) is 0 Å². The summed E-state index contributed by atoms with van der Waals surface area (Å²) in [5, 5.41) is 0. The van der Waals surface area contributed by atoms with Crippen LogP contribution < -0.4 is 0 Å². The van der Waals surface area contributed by atoms with E-state index in [1.807, 2.05) is 4.90 Å². The Morgan fingerprint density at radius 2 is 1.84 bits per heavy atom. The van der Waals surface area contributed by atoms with E-state index in [4.69, 9.17) is 0 Å². The molecule has 0 aromatic heterocycles. The van der Waals surface area contributed by atoms with E-state index in [0.29, 0.717) is 12.5 Å². The number of carbonyl (C=O) groups excluding carboxylic acids is 2. The van der Waals surface area contributed by atoms with E-state index in [9.17, 15) is 9.59 Å². The number of amides is 2. The van der Waals surface area contributed by atoms with Crippen molar-refractivity contribution in [3.63, 3.8) is 0 Å². The molecule has 0 N–H and O–H groups in total. The van der Waals surface area contributed by atoms with Crippen LogP contribution in [0.25, 0.3) is 0 Å². The Bertz CT molecular complexity index is 357. The van der Waals surface area contributed by atoms with Crippen LogP contribution in [0.2, 0.25) is 0 Å². The summed E-state index contributed by atoms with van der Waals surface area (Å²) in [7, 11) is 3.58. The predicted octanol–water partition coefficient (Wildman–Crippen LogP) is 2.04. The lowest BCUT2D eigenvalue weighted by Crippen LogP contribution is -2.49. The molecule has 0 atom stereocenters. The molecule has 0 saturated heterocycles. The third kappa shape index (κ3) is 2.93. The molecule has 0 aromatic carbocycles. The van der Waals surface area contributed by atoms with Gasteiger partial charge in [-0.15, -0.1) is 0 Å². The van der Waals surface area contributed by atoms with Gasteiger partial charge in [-0.1, -0.05) is 13.3 Å². The molecular weight excluding hydrogens is 240 g/mol. The van der Waals surface area contributed by atoms with Crippen LogP contribution >= 0.6 is 0 Å². The number of nitrogens with zero attached hydrogens (tertiary/aromatic N) is 2. The smallest absolute Gasteiger partial charge is 0.228 e. The van der Waals surface area contributed by atoms with Crippen molar-refractivity contribution >= 4 is 11.8 Å².